The fourth-order valence-electron chi connectivity index (χ4n) is 5.20. The van der Waals surface area contributed by atoms with Crippen LogP contribution in [0.2, 0.25) is 0 Å². The molecule has 2 unspecified atom stereocenters. The summed E-state index contributed by atoms with van der Waals surface area (Å²) in [7, 11) is 0. The van der Waals surface area contributed by atoms with E-state index in [1.165, 1.54) is 12.1 Å². The number of amides is 3. The molecule has 8 heteroatoms. The number of carbonyl (C=O) groups is 3. The molecule has 8 nitrogen and oxygen atoms in total. The second kappa shape index (κ2) is 15.2. The van der Waals surface area contributed by atoms with E-state index in [1.54, 1.807) is 37.8 Å². The van der Waals surface area contributed by atoms with Crippen LogP contribution in [0.25, 0.3) is 10.8 Å². The monoisotopic (exact) mass is 609 g/mol. The van der Waals surface area contributed by atoms with E-state index in [-0.39, 0.29) is 18.1 Å². The average Bonchev–Trinajstić information content (AvgIpc) is 3.00. The van der Waals surface area contributed by atoms with E-state index in [9.17, 15) is 19.5 Å². The second-order valence-corrected chi connectivity index (χ2v) is 12.2. The van der Waals surface area contributed by atoms with Gasteiger partial charge in [-0.05, 0) is 73.4 Å². The summed E-state index contributed by atoms with van der Waals surface area (Å²) < 4.78 is 5.52. The molecule has 0 heterocycles. The Bertz CT molecular complexity index is 1580. The molecule has 0 saturated heterocycles. The number of benzene rings is 4. The normalized spacial score (nSPS) is 12.6. The van der Waals surface area contributed by atoms with Crippen LogP contribution in [0.3, 0.4) is 0 Å². The van der Waals surface area contributed by atoms with Crippen LogP contribution in [0.5, 0.6) is 5.75 Å². The number of nitrogens with zero attached hydrogens (tertiary/aromatic N) is 1. The van der Waals surface area contributed by atoms with Crippen molar-refractivity contribution in [2.24, 2.45) is 0 Å². The Morgan fingerprint density at radius 1 is 0.844 bits per heavy atom. The van der Waals surface area contributed by atoms with Crippen molar-refractivity contribution in [2.75, 3.05) is 11.9 Å². The van der Waals surface area contributed by atoms with E-state index >= 15 is 0 Å². The number of hydrogen-bond acceptors (Lipinski definition) is 5. The summed E-state index contributed by atoms with van der Waals surface area (Å²) in [6, 6.07) is 27.3. The van der Waals surface area contributed by atoms with Crippen LogP contribution in [0.4, 0.5) is 10.5 Å². The van der Waals surface area contributed by atoms with Crippen LogP contribution in [-0.2, 0) is 20.7 Å². The summed E-state index contributed by atoms with van der Waals surface area (Å²) in [4.78, 5) is 43.4. The van der Waals surface area contributed by atoms with Crippen molar-refractivity contribution in [3.63, 3.8) is 0 Å². The lowest BCUT2D eigenvalue weighted by Crippen LogP contribution is -2.53. The van der Waals surface area contributed by atoms with Gasteiger partial charge in [0.25, 0.3) is 5.91 Å². The van der Waals surface area contributed by atoms with Crippen LogP contribution in [0.1, 0.15) is 64.1 Å². The van der Waals surface area contributed by atoms with Gasteiger partial charge in [0.15, 0.2) is 0 Å². The fraction of sp³-hybridized carbons (Fsp3) is 0.324. The highest BCUT2D eigenvalue weighted by Gasteiger charge is 2.36. The summed E-state index contributed by atoms with van der Waals surface area (Å²) in [5.41, 5.74) is 1.23. The van der Waals surface area contributed by atoms with Gasteiger partial charge in [-0.2, -0.15) is 0 Å². The quantitative estimate of drug-likeness (QED) is 0.145. The Balaban J connectivity index is 1.72. The zero-order valence-electron chi connectivity index (χ0n) is 26.5. The highest BCUT2D eigenvalue weighted by Crippen LogP contribution is 2.27. The average molecular weight is 610 g/mol. The number of rotatable bonds is 12. The van der Waals surface area contributed by atoms with Gasteiger partial charge in [-0.1, -0.05) is 92.6 Å². The first-order valence-corrected chi connectivity index (χ1v) is 15.5. The Morgan fingerprint density at radius 2 is 1.51 bits per heavy atom. The molecule has 4 rings (SSSR count). The molecule has 4 aromatic rings. The van der Waals surface area contributed by atoms with Gasteiger partial charge in [-0.25, -0.2) is 4.79 Å². The maximum atomic E-state index is 14.6. The Kier molecular flexibility index (Phi) is 11.2. The van der Waals surface area contributed by atoms with Gasteiger partial charge in [0.2, 0.25) is 5.91 Å². The highest BCUT2D eigenvalue weighted by atomic mass is 16.6. The second-order valence-electron chi connectivity index (χ2n) is 12.2. The molecule has 3 amide bonds. The third-order valence-electron chi connectivity index (χ3n) is 7.34. The van der Waals surface area contributed by atoms with Gasteiger partial charge < -0.3 is 25.4 Å². The predicted molar refractivity (Wildman–Crippen MR) is 178 cm³/mol. The van der Waals surface area contributed by atoms with E-state index in [0.29, 0.717) is 24.2 Å². The number of aromatic hydroxyl groups is 1. The number of alkyl carbamates (subject to hydrolysis) is 1. The van der Waals surface area contributed by atoms with Crippen molar-refractivity contribution >= 4 is 34.4 Å². The number of phenolic OH excluding ortho intramolecular Hbond substituents is 1. The summed E-state index contributed by atoms with van der Waals surface area (Å²) in [5.74, 6) is -0.674. The minimum Gasteiger partial charge on any atom is -0.508 e. The number of phenols is 1. The summed E-state index contributed by atoms with van der Waals surface area (Å²) in [6.45, 7) is 7.64. The summed E-state index contributed by atoms with van der Waals surface area (Å²) >= 11 is 0. The fourth-order valence-corrected chi connectivity index (χ4v) is 5.20. The molecular weight excluding hydrogens is 566 g/mol. The molecule has 0 aliphatic heterocycles. The molecule has 0 bridgehead atoms. The topological polar surface area (TPSA) is 108 Å². The zero-order chi connectivity index (χ0) is 32.4. The number of anilines is 1. The van der Waals surface area contributed by atoms with Gasteiger partial charge in [0.1, 0.15) is 23.4 Å². The van der Waals surface area contributed by atoms with Crippen LogP contribution >= 0.6 is 0 Å². The molecule has 2 atom stereocenters. The van der Waals surface area contributed by atoms with Gasteiger partial charge >= 0.3 is 6.09 Å². The zero-order valence-corrected chi connectivity index (χ0v) is 26.5. The maximum Gasteiger partial charge on any atom is 0.408 e. The Hall–Kier alpha value is -4.85. The molecule has 0 radical (unpaired) electrons. The lowest BCUT2D eigenvalue weighted by atomic mass is 9.99. The highest BCUT2D eigenvalue weighted by molar-refractivity contribution is 6.00. The van der Waals surface area contributed by atoms with Gasteiger partial charge in [-0.3, -0.25) is 9.59 Å². The van der Waals surface area contributed by atoms with Crippen LogP contribution < -0.4 is 10.6 Å². The Labute approximate surface area is 265 Å². The van der Waals surface area contributed by atoms with E-state index in [2.05, 4.69) is 17.6 Å². The van der Waals surface area contributed by atoms with Crippen LogP contribution in [0.15, 0.2) is 97.1 Å². The van der Waals surface area contributed by atoms with Crippen molar-refractivity contribution in [3.05, 3.63) is 108 Å². The molecule has 0 aliphatic carbocycles. The molecule has 0 saturated carbocycles. The molecular formula is C37H43N3O5. The molecule has 236 valence electrons. The number of hydrogen-bond donors (Lipinski definition) is 3. The maximum absolute atomic E-state index is 14.6. The van der Waals surface area contributed by atoms with Crippen molar-refractivity contribution in [3.8, 4) is 5.75 Å². The smallest absolute Gasteiger partial charge is 0.408 e. The molecule has 0 aliphatic rings. The van der Waals surface area contributed by atoms with Crippen LogP contribution in [-0.4, -0.2) is 46.1 Å². The summed E-state index contributed by atoms with van der Waals surface area (Å²) in [5, 5.41) is 17.7. The first kappa shape index (κ1) is 33.1. The van der Waals surface area contributed by atoms with Gasteiger partial charge in [0.05, 0.1) is 0 Å². The third kappa shape index (κ3) is 9.57. The molecule has 0 spiro atoms. The number of fused-ring (bicyclic) bond motifs is 1. The Morgan fingerprint density at radius 3 is 2.18 bits per heavy atom. The molecule has 4 aromatic carbocycles. The third-order valence-corrected chi connectivity index (χ3v) is 7.34. The molecule has 3 N–H and O–H groups in total. The van der Waals surface area contributed by atoms with Crippen molar-refractivity contribution < 1.29 is 24.2 Å². The van der Waals surface area contributed by atoms with Gasteiger partial charge in [0, 0.05) is 18.7 Å². The van der Waals surface area contributed by atoms with Crippen LogP contribution in [0, 0.1) is 0 Å². The largest absolute Gasteiger partial charge is 0.508 e. The number of carbonyl (C=O) groups excluding carboxylic acids is 3. The first-order valence-electron chi connectivity index (χ1n) is 15.5. The van der Waals surface area contributed by atoms with Crippen molar-refractivity contribution in [2.45, 2.75) is 71.1 Å². The van der Waals surface area contributed by atoms with E-state index in [0.717, 1.165) is 29.2 Å². The van der Waals surface area contributed by atoms with E-state index in [4.69, 9.17) is 4.74 Å². The minimum absolute atomic E-state index is 0.0948. The summed E-state index contributed by atoms with van der Waals surface area (Å²) in [6.07, 6.45) is 1.86. The molecule has 0 fully saturated rings. The lowest BCUT2D eigenvalue weighted by Gasteiger charge is -2.34. The lowest BCUT2D eigenvalue weighted by molar-refractivity contribution is -0.140. The van der Waals surface area contributed by atoms with Crippen molar-refractivity contribution in [1.82, 2.24) is 10.2 Å². The van der Waals surface area contributed by atoms with Crippen molar-refractivity contribution in [1.29, 1.82) is 0 Å². The number of nitrogens with one attached hydrogen (secondary N) is 2. The predicted octanol–water partition coefficient (Wildman–Crippen LogP) is 7.38. The van der Waals surface area contributed by atoms with E-state index < -0.39 is 29.7 Å². The number of unbranched alkanes of at least 4 members (excludes halogenated alkanes) is 2. The SMILES string of the molecule is CCCCCN(C(=O)C(Cc1ccc(O)cc1)NC(=O)OC(C)(C)C)C(C(=O)Nc1ccc2ccccc2c1)c1ccccc1. The number of ether oxygens (including phenoxy) is 1. The minimum atomic E-state index is -1.04. The van der Waals surface area contributed by atoms with E-state index in [1.807, 2.05) is 72.8 Å². The first-order chi connectivity index (χ1) is 21.5. The molecule has 45 heavy (non-hydrogen) atoms. The molecule has 0 aromatic heterocycles. The standard InChI is InChI=1S/C37H43N3O5/c1-5-6-12-23-40(35(43)32(39-36(44)45-37(2,3)4)24-26-17-21-31(41)22-18-26)33(28-14-8-7-9-15-28)34(42)38-30-20-19-27-13-10-11-16-29(27)25-30/h7-11,13-22,25,32-33,41H,5-6,12,23-24H2,1-4H3,(H,38,42)(H,39,44). The van der Waals surface area contributed by atoms with Gasteiger partial charge in [-0.15, -0.1) is 0 Å².